The summed E-state index contributed by atoms with van der Waals surface area (Å²) >= 11 is 0. The van der Waals surface area contributed by atoms with Crippen LogP contribution in [0.1, 0.15) is 44.6 Å². The molecule has 0 saturated heterocycles. The van der Waals surface area contributed by atoms with Gasteiger partial charge in [0.2, 0.25) is 5.91 Å². The quantitative estimate of drug-likeness (QED) is 0.840. The molecule has 0 heterocycles. The minimum Gasteiger partial charge on any atom is -0.398 e. The Balaban J connectivity index is 2.02. The van der Waals surface area contributed by atoms with Gasteiger partial charge in [0, 0.05) is 27.4 Å². The molecule has 1 aromatic rings. The fourth-order valence-corrected chi connectivity index (χ4v) is 4.36. The van der Waals surface area contributed by atoms with E-state index in [1.165, 1.54) is 6.42 Å². The van der Waals surface area contributed by atoms with E-state index in [4.69, 9.17) is 5.73 Å². The Bertz CT molecular complexity index is 539. The minimum atomic E-state index is -1.11. The average molecular weight is 308 g/mol. The van der Waals surface area contributed by atoms with Gasteiger partial charge in [-0.3, -0.25) is 9.00 Å². The van der Waals surface area contributed by atoms with E-state index in [0.717, 1.165) is 31.2 Å². The number of rotatable bonds is 4. The second-order valence-electron chi connectivity index (χ2n) is 5.74. The zero-order valence-corrected chi connectivity index (χ0v) is 13.5. The van der Waals surface area contributed by atoms with Crippen LogP contribution in [-0.2, 0) is 15.6 Å². The molecule has 0 aromatic heterocycles. The molecule has 2 atom stereocenters. The van der Waals surface area contributed by atoms with E-state index in [0.29, 0.717) is 11.4 Å². The number of anilines is 2. The number of benzene rings is 1. The van der Waals surface area contributed by atoms with Gasteiger partial charge in [-0.15, -0.1) is 0 Å². The zero-order chi connectivity index (χ0) is 15.4. The molecule has 1 amide bonds. The average Bonchev–Trinajstić information content (AvgIpc) is 2.51. The number of carbonyl (C=O) groups is 1. The molecule has 1 fully saturated rings. The lowest BCUT2D eigenvalue weighted by atomic mass is 10.0. The van der Waals surface area contributed by atoms with Crippen molar-refractivity contribution in [1.29, 1.82) is 0 Å². The third kappa shape index (κ3) is 3.84. The molecule has 5 heteroatoms. The summed E-state index contributed by atoms with van der Waals surface area (Å²) in [5, 5.41) is 2.54. The molecule has 2 unspecified atom stereocenters. The van der Waals surface area contributed by atoms with Gasteiger partial charge in [0.25, 0.3) is 0 Å². The van der Waals surface area contributed by atoms with Gasteiger partial charge >= 0.3 is 0 Å². The molecule has 21 heavy (non-hydrogen) atoms. The maximum absolute atomic E-state index is 12.5. The normalized spacial score (nSPS) is 19.0. The van der Waals surface area contributed by atoms with E-state index >= 15 is 0 Å². The monoisotopic (exact) mass is 308 g/mol. The fourth-order valence-electron chi connectivity index (χ4n) is 2.71. The highest BCUT2D eigenvalue weighted by Crippen LogP contribution is 2.25. The van der Waals surface area contributed by atoms with Crippen LogP contribution in [0, 0.1) is 6.92 Å². The minimum absolute atomic E-state index is 0.168. The van der Waals surface area contributed by atoms with E-state index < -0.39 is 16.0 Å². The van der Waals surface area contributed by atoms with Crippen LogP contribution in [0.2, 0.25) is 0 Å². The number of hydrogen-bond acceptors (Lipinski definition) is 3. The number of nitrogen functional groups attached to an aromatic ring is 1. The molecule has 116 valence electrons. The summed E-state index contributed by atoms with van der Waals surface area (Å²) in [4.78, 5) is 12.3. The predicted molar refractivity (Wildman–Crippen MR) is 88.7 cm³/mol. The number of amides is 1. The molecule has 2 rings (SSSR count). The topological polar surface area (TPSA) is 72.2 Å². The van der Waals surface area contributed by atoms with Crippen LogP contribution in [0.25, 0.3) is 0 Å². The van der Waals surface area contributed by atoms with E-state index in [-0.39, 0.29) is 11.2 Å². The van der Waals surface area contributed by atoms with Crippen molar-refractivity contribution in [2.75, 3.05) is 11.1 Å². The summed E-state index contributed by atoms with van der Waals surface area (Å²) in [6.07, 6.45) is 5.41. The van der Waals surface area contributed by atoms with Crippen molar-refractivity contribution in [3.63, 3.8) is 0 Å². The first kappa shape index (κ1) is 16.0. The van der Waals surface area contributed by atoms with Crippen LogP contribution in [0.4, 0.5) is 11.4 Å². The van der Waals surface area contributed by atoms with Crippen molar-refractivity contribution in [1.82, 2.24) is 0 Å². The number of carbonyl (C=O) groups excluding carboxylic acids is 1. The summed E-state index contributed by atoms with van der Waals surface area (Å²) < 4.78 is 12.5. The van der Waals surface area contributed by atoms with Gasteiger partial charge < -0.3 is 11.1 Å². The zero-order valence-electron chi connectivity index (χ0n) is 12.7. The van der Waals surface area contributed by atoms with Crippen LogP contribution in [0.3, 0.4) is 0 Å². The Kier molecular flexibility index (Phi) is 5.39. The van der Waals surface area contributed by atoms with Crippen molar-refractivity contribution in [3.05, 3.63) is 23.8 Å². The third-order valence-corrected chi connectivity index (χ3v) is 6.27. The molecule has 4 nitrogen and oxygen atoms in total. The molecule has 0 spiro atoms. The lowest BCUT2D eigenvalue weighted by Crippen LogP contribution is -2.35. The highest BCUT2D eigenvalue weighted by molar-refractivity contribution is 7.87. The first-order chi connectivity index (χ1) is 10.0. The van der Waals surface area contributed by atoms with Crippen molar-refractivity contribution >= 4 is 28.1 Å². The lowest BCUT2D eigenvalue weighted by Gasteiger charge is -2.24. The Morgan fingerprint density at radius 2 is 2.00 bits per heavy atom. The molecule has 0 aliphatic heterocycles. The summed E-state index contributed by atoms with van der Waals surface area (Å²) in [7, 11) is -1.11. The van der Waals surface area contributed by atoms with E-state index in [9.17, 15) is 9.00 Å². The van der Waals surface area contributed by atoms with Crippen LogP contribution in [0.15, 0.2) is 18.2 Å². The Labute approximate surface area is 129 Å². The second kappa shape index (κ2) is 7.07. The maximum atomic E-state index is 12.5. The van der Waals surface area contributed by atoms with Gasteiger partial charge in [0.1, 0.15) is 5.25 Å². The number of nitrogens with two attached hydrogens (primary N) is 1. The van der Waals surface area contributed by atoms with Crippen molar-refractivity contribution in [2.24, 2.45) is 0 Å². The number of hydrogen-bond donors (Lipinski definition) is 2. The van der Waals surface area contributed by atoms with Gasteiger partial charge in [-0.2, -0.15) is 0 Å². The summed E-state index contributed by atoms with van der Waals surface area (Å²) in [5.41, 5.74) is 8.03. The van der Waals surface area contributed by atoms with Gasteiger partial charge in [-0.05, 0) is 44.4 Å². The summed E-state index contributed by atoms with van der Waals surface area (Å²) in [6.45, 7) is 3.62. The largest absolute Gasteiger partial charge is 0.398 e. The number of nitrogens with one attached hydrogen (secondary N) is 1. The maximum Gasteiger partial charge on any atom is 0.239 e. The second-order valence-corrected chi connectivity index (χ2v) is 7.77. The van der Waals surface area contributed by atoms with E-state index in [1.807, 2.05) is 13.0 Å². The standard InChI is InChI=1S/C16H24N2O2S/c1-11-14(17)9-6-10-15(11)18-16(19)12(2)21(20)13-7-4-3-5-8-13/h6,9-10,12-13H,3-5,7-8,17H2,1-2H3,(H,18,19). The highest BCUT2D eigenvalue weighted by Gasteiger charge is 2.28. The first-order valence-corrected chi connectivity index (χ1v) is 8.83. The highest BCUT2D eigenvalue weighted by atomic mass is 32.2. The Hall–Kier alpha value is -1.36. The van der Waals surface area contributed by atoms with Crippen LogP contribution in [-0.4, -0.2) is 20.6 Å². The Morgan fingerprint density at radius 3 is 2.67 bits per heavy atom. The Morgan fingerprint density at radius 1 is 1.33 bits per heavy atom. The van der Waals surface area contributed by atoms with E-state index in [1.54, 1.807) is 19.1 Å². The molecular weight excluding hydrogens is 284 g/mol. The SMILES string of the molecule is Cc1c(N)cccc1NC(=O)C(C)S(=O)C1CCCCC1. The molecule has 1 saturated carbocycles. The van der Waals surface area contributed by atoms with Gasteiger partial charge in [-0.25, -0.2) is 0 Å². The van der Waals surface area contributed by atoms with Crippen molar-refractivity contribution in [3.8, 4) is 0 Å². The smallest absolute Gasteiger partial charge is 0.239 e. The summed E-state index contributed by atoms with van der Waals surface area (Å²) in [6, 6.07) is 5.43. The van der Waals surface area contributed by atoms with Crippen LogP contribution in [0.5, 0.6) is 0 Å². The van der Waals surface area contributed by atoms with E-state index in [2.05, 4.69) is 5.32 Å². The molecule has 1 aliphatic carbocycles. The van der Waals surface area contributed by atoms with Crippen LogP contribution >= 0.6 is 0 Å². The van der Waals surface area contributed by atoms with Gasteiger partial charge in [-0.1, -0.05) is 25.3 Å². The van der Waals surface area contributed by atoms with Crippen molar-refractivity contribution in [2.45, 2.75) is 56.5 Å². The molecule has 1 aromatic carbocycles. The molecular formula is C16H24N2O2S. The molecule has 0 bridgehead atoms. The van der Waals surface area contributed by atoms with Gasteiger partial charge in [0.05, 0.1) is 0 Å². The van der Waals surface area contributed by atoms with Crippen molar-refractivity contribution < 1.29 is 9.00 Å². The van der Waals surface area contributed by atoms with Gasteiger partial charge in [0.15, 0.2) is 0 Å². The molecule has 1 aliphatic rings. The fraction of sp³-hybridized carbons (Fsp3) is 0.562. The predicted octanol–water partition coefficient (Wildman–Crippen LogP) is 2.99. The molecule has 3 N–H and O–H groups in total. The lowest BCUT2D eigenvalue weighted by molar-refractivity contribution is -0.115. The summed E-state index contributed by atoms with van der Waals surface area (Å²) in [5.74, 6) is -0.187. The van der Waals surface area contributed by atoms with Crippen LogP contribution < -0.4 is 11.1 Å². The third-order valence-electron chi connectivity index (χ3n) is 4.23. The first-order valence-electron chi connectivity index (χ1n) is 7.56. The molecule has 0 radical (unpaired) electrons.